The minimum absolute atomic E-state index is 0.0177. The molecule has 1 aliphatic heterocycles. The standard InChI is InChI=1S/C17H22N3O6P/c1-24-27(23,25-2)16-17(19-10-4-3-5-11-19)26-15(18-16)12-13-6-8-14(9-7-13)20(21)22/h6-9H,3-5,10-12H2,1-2H3. The van der Waals surface area contributed by atoms with E-state index in [2.05, 4.69) is 4.98 Å². The van der Waals surface area contributed by atoms with Gasteiger partial charge < -0.3 is 18.4 Å². The van der Waals surface area contributed by atoms with E-state index in [1.165, 1.54) is 26.4 Å². The molecule has 1 saturated heterocycles. The number of hydrogen-bond donors (Lipinski definition) is 0. The number of anilines is 1. The Balaban J connectivity index is 1.92. The van der Waals surface area contributed by atoms with Gasteiger partial charge in [0.05, 0.1) is 4.92 Å². The van der Waals surface area contributed by atoms with Crippen molar-refractivity contribution in [3.8, 4) is 0 Å². The number of non-ortho nitro benzene ring substituents is 1. The average Bonchev–Trinajstić information content (AvgIpc) is 3.13. The van der Waals surface area contributed by atoms with Gasteiger partial charge in [0.2, 0.25) is 17.2 Å². The summed E-state index contributed by atoms with van der Waals surface area (Å²) in [7, 11) is -0.950. The molecule has 9 nitrogen and oxygen atoms in total. The highest BCUT2D eigenvalue weighted by Gasteiger charge is 2.36. The van der Waals surface area contributed by atoms with Crippen molar-refractivity contribution < 1.29 is 23.0 Å². The number of nitrogens with zero attached hydrogens (tertiary/aromatic N) is 3. The van der Waals surface area contributed by atoms with Crippen LogP contribution in [0.1, 0.15) is 30.7 Å². The van der Waals surface area contributed by atoms with E-state index in [1.807, 2.05) is 4.90 Å². The third-order valence-corrected chi connectivity index (χ3v) is 6.29. The van der Waals surface area contributed by atoms with Gasteiger partial charge in [0.1, 0.15) is 0 Å². The van der Waals surface area contributed by atoms with E-state index in [-0.39, 0.29) is 11.1 Å². The van der Waals surface area contributed by atoms with E-state index >= 15 is 0 Å². The second kappa shape index (κ2) is 8.21. The molecule has 0 unspecified atom stereocenters. The molecule has 2 heterocycles. The van der Waals surface area contributed by atoms with Crippen LogP contribution in [0.25, 0.3) is 0 Å². The number of oxazole rings is 1. The van der Waals surface area contributed by atoms with Gasteiger partial charge in [0.25, 0.3) is 5.69 Å². The average molecular weight is 395 g/mol. The Morgan fingerprint density at radius 2 is 1.81 bits per heavy atom. The van der Waals surface area contributed by atoms with Crippen molar-refractivity contribution in [3.05, 3.63) is 45.8 Å². The van der Waals surface area contributed by atoms with Crippen LogP contribution < -0.4 is 10.3 Å². The van der Waals surface area contributed by atoms with Crippen LogP contribution in [0.5, 0.6) is 0 Å². The molecule has 0 spiro atoms. The number of aromatic nitrogens is 1. The van der Waals surface area contributed by atoms with E-state index in [0.717, 1.165) is 37.9 Å². The maximum atomic E-state index is 12.9. The Morgan fingerprint density at radius 1 is 1.19 bits per heavy atom. The first-order valence-corrected chi connectivity index (χ1v) is 10.2. The molecular formula is C17H22N3O6P. The molecule has 1 aliphatic rings. The highest BCUT2D eigenvalue weighted by molar-refractivity contribution is 7.62. The lowest BCUT2D eigenvalue weighted by molar-refractivity contribution is -0.384. The molecule has 1 aromatic carbocycles. The topological polar surface area (TPSA) is 108 Å². The van der Waals surface area contributed by atoms with E-state index in [9.17, 15) is 14.7 Å². The molecule has 0 aliphatic carbocycles. The van der Waals surface area contributed by atoms with Crippen molar-refractivity contribution in [3.63, 3.8) is 0 Å². The van der Waals surface area contributed by atoms with Gasteiger partial charge in [-0.15, -0.1) is 0 Å². The highest BCUT2D eigenvalue weighted by atomic mass is 31.2. The highest BCUT2D eigenvalue weighted by Crippen LogP contribution is 2.47. The molecule has 2 aromatic rings. The lowest BCUT2D eigenvalue weighted by Crippen LogP contribution is -2.32. The molecule has 0 saturated carbocycles. The van der Waals surface area contributed by atoms with Crippen LogP contribution in [0, 0.1) is 10.1 Å². The summed E-state index contributed by atoms with van der Waals surface area (Å²) in [6.45, 7) is 1.57. The fraction of sp³-hybridized carbons (Fsp3) is 0.471. The summed E-state index contributed by atoms with van der Waals surface area (Å²) in [6, 6.07) is 6.16. The van der Waals surface area contributed by atoms with Gasteiger partial charge in [0.15, 0.2) is 0 Å². The molecule has 1 fully saturated rings. The van der Waals surface area contributed by atoms with Gasteiger partial charge in [-0.1, -0.05) is 12.1 Å². The predicted octanol–water partition coefficient (Wildman–Crippen LogP) is 3.28. The maximum Gasteiger partial charge on any atom is 0.384 e. The molecule has 0 radical (unpaired) electrons. The van der Waals surface area contributed by atoms with Gasteiger partial charge in [-0.2, -0.15) is 0 Å². The minimum atomic E-state index is -3.58. The third-order valence-electron chi connectivity index (χ3n) is 4.52. The zero-order valence-electron chi connectivity index (χ0n) is 15.3. The monoisotopic (exact) mass is 395 g/mol. The SMILES string of the molecule is COP(=O)(OC)c1nc(Cc2ccc([N+](=O)[O-])cc2)oc1N1CCCCC1. The van der Waals surface area contributed by atoms with Crippen molar-refractivity contribution in [2.75, 3.05) is 32.2 Å². The third kappa shape index (κ3) is 4.21. The van der Waals surface area contributed by atoms with Gasteiger partial charge in [-0.3, -0.25) is 14.7 Å². The predicted molar refractivity (Wildman–Crippen MR) is 99.7 cm³/mol. The Morgan fingerprint density at radius 3 is 2.37 bits per heavy atom. The Kier molecular flexibility index (Phi) is 5.94. The molecule has 27 heavy (non-hydrogen) atoms. The molecule has 3 rings (SSSR count). The molecule has 0 bridgehead atoms. The van der Waals surface area contributed by atoms with Crippen LogP contribution in [0.15, 0.2) is 28.7 Å². The molecule has 10 heteroatoms. The van der Waals surface area contributed by atoms with Gasteiger partial charge in [-0.05, 0) is 24.8 Å². The normalized spacial score (nSPS) is 15.1. The number of hydrogen-bond acceptors (Lipinski definition) is 8. The quantitative estimate of drug-likeness (QED) is 0.399. The van der Waals surface area contributed by atoms with Crippen LogP contribution in [-0.4, -0.2) is 37.2 Å². The van der Waals surface area contributed by atoms with Crippen molar-refractivity contribution in [1.82, 2.24) is 4.98 Å². The number of piperidine rings is 1. The molecular weight excluding hydrogens is 373 g/mol. The lowest BCUT2D eigenvalue weighted by atomic mass is 10.1. The van der Waals surface area contributed by atoms with Gasteiger partial charge in [0, 0.05) is 45.9 Å². The summed E-state index contributed by atoms with van der Waals surface area (Å²) in [6.07, 6.45) is 3.48. The fourth-order valence-corrected chi connectivity index (χ4v) is 4.21. The summed E-state index contributed by atoms with van der Waals surface area (Å²) in [5, 5.41) is 10.8. The summed E-state index contributed by atoms with van der Waals surface area (Å²) < 4.78 is 29.1. The molecule has 1 aromatic heterocycles. The molecule has 0 N–H and O–H groups in total. The molecule has 0 amide bonds. The largest absolute Gasteiger partial charge is 0.424 e. The van der Waals surface area contributed by atoms with Crippen LogP contribution in [0.2, 0.25) is 0 Å². The van der Waals surface area contributed by atoms with Gasteiger partial charge >= 0.3 is 7.60 Å². The molecule has 146 valence electrons. The van der Waals surface area contributed by atoms with Crippen molar-refractivity contribution >= 4 is 24.6 Å². The first-order chi connectivity index (χ1) is 13.0. The first kappa shape index (κ1) is 19.5. The Hall–Kier alpha value is -2.22. The summed E-state index contributed by atoms with van der Waals surface area (Å²) in [4.78, 5) is 16.7. The number of nitro benzene ring substituents is 1. The summed E-state index contributed by atoms with van der Waals surface area (Å²) >= 11 is 0. The Labute approximate surface area is 157 Å². The van der Waals surface area contributed by atoms with E-state index in [0.29, 0.717) is 18.2 Å². The van der Waals surface area contributed by atoms with Crippen LogP contribution in [0.4, 0.5) is 11.6 Å². The van der Waals surface area contributed by atoms with E-state index in [4.69, 9.17) is 13.5 Å². The van der Waals surface area contributed by atoms with Crippen molar-refractivity contribution in [2.45, 2.75) is 25.7 Å². The number of nitro groups is 1. The number of rotatable bonds is 7. The summed E-state index contributed by atoms with van der Waals surface area (Å²) in [5.74, 6) is 0.771. The van der Waals surface area contributed by atoms with Gasteiger partial charge in [-0.25, -0.2) is 4.98 Å². The zero-order chi connectivity index (χ0) is 19.4. The van der Waals surface area contributed by atoms with Crippen LogP contribution >= 0.6 is 7.60 Å². The second-order valence-electron chi connectivity index (χ2n) is 6.25. The second-order valence-corrected chi connectivity index (χ2v) is 8.40. The smallest absolute Gasteiger partial charge is 0.384 e. The van der Waals surface area contributed by atoms with Crippen molar-refractivity contribution in [2.24, 2.45) is 0 Å². The lowest BCUT2D eigenvalue weighted by Gasteiger charge is -2.27. The Bertz CT molecular complexity index is 837. The van der Waals surface area contributed by atoms with Crippen LogP contribution in [-0.2, 0) is 20.0 Å². The van der Waals surface area contributed by atoms with Crippen molar-refractivity contribution in [1.29, 1.82) is 0 Å². The number of benzene rings is 1. The van der Waals surface area contributed by atoms with E-state index < -0.39 is 12.5 Å². The fourth-order valence-electron chi connectivity index (χ4n) is 3.06. The zero-order valence-corrected chi connectivity index (χ0v) is 16.2. The first-order valence-electron chi connectivity index (χ1n) is 8.67. The van der Waals surface area contributed by atoms with Crippen LogP contribution in [0.3, 0.4) is 0 Å². The molecule has 0 atom stereocenters. The minimum Gasteiger partial charge on any atom is -0.424 e. The summed E-state index contributed by atoms with van der Waals surface area (Å²) in [5.41, 5.74) is 0.985. The van der Waals surface area contributed by atoms with E-state index in [1.54, 1.807) is 12.1 Å². The maximum absolute atomic E-state index is 12.9.